The van der Waals surface area contributed by atoms with Gasteiger partial charge in [-0.2, -0.15) is 5.10 Å². The van der Waals surface area contributed by atoms with Crippen LogP contribution in [0.25, 0.3) is 0 Å². The molecule has 2 unspecified atom stereocenters. The van der Waals surface area contributed by atoms with E-state index in [0.29, 0.717) is 11.6 Å². The highest BCUT2D eigenvalue weighted by Gasteiger charge is 2.30. The molecule has 2 rings (SSSR count). The molecule has 0 spiro atoms. The second kappa shape index (κ2) is 4.97. The minimum absolute atomic E-state index is 0.00276. The van der Waals surface area contributed by atoms with Crippen molar-refractivity contribution in [2.75, 3.05) is 12.3 Å². The van der Waals surface area contributed by atoms with E-state index in [1.54, 1.807) is 0 Å². The first-order valence-corrected chi connectivity index (χ1v) is 6.30. The van der Waals surface area contributed by atoms with E-state index in [2.05, 4.69) is 15.5 Å². The second-order valence-corrected chi connectivity index (χ2v) is 5.10. The Labute approximate surface area is 106 Å². The maximum absolute atomic E-state index is 12.0. The van der Waals surface area contributed by atoms with Crippen LogP contribution in [-0.4, -0.2) is 33.9 Å². The predicted octanol–water partition coefficient (Wildman–Crippen LogP) is 0.616. The van der Waals surface area contributed by atoms with Gasteiger partial charge in [-0.05, 0) is 25.7 Å². The van der Waals surface area contributed by atoms with E-state index >= 15 is 0 Å². The van der Waals surface area contributed by atoms with Gasteiger partial charge in [-0.25, -0.2) is 0 Å². The number of nitrogens with two attached hydrogens (primary N) is 1. The van der Waals surface area contributed by atoms with Crippen LogP contribution in [0.2, 0.25) is 0 Å². The molecule has 0 saturated heterocycles. The molecule has 5 N–H and O–H groups in total. The van der Waals surface area contributed by atoms with Crippen LogP contribution >= 0.6 is 0 Å². The van der Waals surface area contributed by atoms with Crippen molar-refractivity contribution in [2.24, 2.45) is 5.92 Å². The fourth-order valence-electron chi connectivity index (χ4n) is 1.80. The van der Waals surface area contributed by atoms with Crippen LogP contribution in [0.15, 0.2) is 0 Å². The van der Waals surface area contributed by atoms with E-state index in [9.17, 15) is 4.79 Å². The van der Waals surface area contributed by atoms with Crippen molar-refractivity contribution in [3.8, 4) is 0 Å². The van der Waals surface area contributed by atoms with Crippen molar-refractivity contribution >= 4 is 11.6 Å². The monoisotopic (exact) mass is 252 g/mol. The Morgan fingerprint density at radius 1 is 1.61 bits per heavy atom. The summed E-state index contributed by atoms with van der Waals surface area (Å²) in [4.78, 5) is 12.0. The predicted molar refractivity (Wildman–Crippen MR) is 68.2 cm³/mol. The number of aliphatic hydroxyl groups excluding tert-OH is 1. The summed E-state index contributed by atoms with van der Waals surface area (Å²) in [6.45, 7) is 3.75. The molecule has 1 aliphatic rings. The number of amides is 1. The van der Waals surface area contributed by atoms with Crippen LogP contribution in [0.4, 0.5) is 5.69 Å². The molecule has 0 bridgehead atoms. The first-order valence-electron chi connectivity index (χ1n) is 6.30. The highest BCUT2D eigenvalue weighted by Crippen LogP contribution is 2.42. The molecule has 6 heteroatoms. The van der Waals surface area contributed by atoms with Gasteiger partial charge in [0.2, 0.25) is 0 Å². The lowest BCUT2D eigenvalue weighted by atomic mass is 10.1. The van der Waals surface area contributed by atoms with Crippen LogP contribution in [0, 0.1) is 5.92 Å². The topological polar surface area (TPSA) is 104 Å². The van der Waals surface area contributed by atoms with E-state index in [4.69, 9.17) is 10.8 Å². The highest BCUT2D eigenvalue weighted by molar-refractivity contribution is 5.97. The van der Waals surface area contributed by atoms with E-state index in [1.165, 1.54) is 0 Å². The molecule has 0 aromatic carbocycles. The van der Waals surface area contributed by atoms with E-state index in [-0.39, 0.29) is 30.2 Å². The van der Waals surface area contributed by atoms with Crippen molar-refractivity contribution in [1.82, 2.24) is 15.5 Å². The third-order valence-electron chi connectivity index (χ3n) is 3.53. The molecular formula is C12H20N4O2. The number of hydrogen-bond donors (Lipinski definition) is 4. The summed E-state index contributed by atoms with van der Waals surface area (Å²) in [6.07, 6.45) is 2.21. The van der Waals surface area contributed by atoms with Gasteiger partial charge in [0, 0.05) is 18.6 Å². The van der Waals surface area contributed by atoms with Crippen molar-refractivity contribution in [2.45, 2.75) is 38.6 Å². The number of aliphatic hydroxyl groups is 1. The molecule has 1 fully saturated rings. The van der Waals surface area contributed by atoms with Gasteiger partial charge in [-0.1, -0.05) is 6.92 Å². The molecule has 1 amide bonds. The largest absolute Gasteiger partial charge is 0.396 e. The van der Waals surface area contributed by atoms with Gasteiger partial charge in [0.1, 0.15) is 0 Å². The smallest absolute Gasteiger partial charge is 0.274 e. The number of nitrogens with one attached hydrogen (secondary N) is 2. The van der Waals surface area contributed by atoms with E-state index in [1.807, 2.05) is 13.8 Å². The van der Waals surface area contributed by atoms with Crippen LogP contribution in [-0.2, 0) is 0 Å². The maximum Gasteiger partial charge on any atom is 0.274 e. The number of hydrogen-bond acceptors (Lipinski definition) is 4. The lowest BCUT2D eigenvalue weighted by Gasteiger charge is -2.18. The average Bonchev–Trinajstić information content (AvgIpc) is 3.11. The Morgan fingerprint density at radius 2 is 2.28 bits per heavy atom. The highest BCUT2D eigenvalue weighted by atomic mass is 16.3. The summed E-state index contributed by atoms with van der Waals surface area (Å²) in [7, 11) is 0. The molecule has 1 aromatic heterocycles. The Kier molecular flexibility index (Phi) is 3.56. The van der Waals surface area contributed by atoms with Gasteiger partial charge in [0.05, 0.1) is 11.4 Å². The number of aromatic amines is 1. The second-order valence-electron chi connectivity index (χ2n) is 5.10. The zero-order valence-corrected chi connectivity index (χ0v) is 10.7. The van der Waals surface area contributed by atoms with E-state index < -0.39 is 0 Å². The number of carbonyl (C=O) groups excluding carboxylic acids is 1. The number of H-pyrrole nitrogens is 1. The molecule has 1 aromatic rings. The SMILES string of the molecule is CC(CO)C(C)NC(=O)c1n[nH]c(C2CC2)c1N. The number of anilines is 1. The molecule has 1 saturated carbocycles. The number of nitrogens with zero attached hydrogens (tertiary/aromatic N) is 1. The van der Waals surface area contributed by atoms with Gasteiger partial charge in [-0.3, -0.25) is 9.89 Å². The van der Waals surface area contributed by atoms with Crippen molar-refractivity contribution in [1.29, 1.82) is 0 Å². The Balaban J connectivity index is 2.04. The summed E-state index contributed by atoms with van der Waals surface area (Å²) in [5.74, 6) is 0.147. The zero-order valence-electron chi connectivity index (χ0n) is 10.7. The molecule has 1 heterocycles. The van der Waals surface area contributed by atoms with Crippen molar-refractivity contribution in [3.05, 3.63) is 11.4 Å². The molecule has 6 nitrogen and oxygen atoms in total. The first-order chi connectivity index (χ1) is 8.54. The zero-order chi connectivity index (χ0) is 13.3. The standard InChI is InChI=1S/C12H20N4O2/c1-6(5-17)7(2)14-12(18)11-9(13)10(15-16-11)8-3-4-8/h6-8,17H,3-5,13H2,1-2H3,(H,14,18)(H,15,16). The van der Waals surface area contributed by atoms with Crippen LogP contribution in [0.3, 0.4) is 0 Å². The van der Waals surface area contributed by atoms with E-state index in [0.717, 1.165) is 18.5 Å². The fourth-order valence-corrected chi connectivity index (χ4v) is 1.80. The Morgan fingerprint density at radius 3 is 2.83 bits per heavy atom. The van der Waals surface area contributed by atoms with Gasteiger partial charge >= 0.3 is 0 Å². The van der Waals surface area contributed by atoms with Crippen LogP contribution < -0.4 is 11.1 Å². The molecule has 0 radical (unpaired) electrons. The van der Waals surface area contributed by atoms with Crippen LogP contribution in [0.1, 0.15) is 48.8 Å². The number of nitrogen functional groups attached to an aromatic ring is 1. The summed E-state index contributed by atoms with van der Waals surface area (Å²) in [5, 5.41) is 18.7. The lowest BCUT2D eigenvalue weighted by molar-refractivity contribution is 0.0912. The summed E-state index contributed by atoms with van der Waals surface area (Å²) >= 11 is 0. The van der Waals surface area contributed by atoms with Gasteiger partial charge in [-0.15, -0.1) is 0 Å². The summed E-state index contributed by atoms with van der Waals surface area (Å²) in [5.41, 5.74) is 7.52. The minimum Gasteiger partial charge on any atom is -0.396 e. The van der Waals surface area contributed by atoms with Gasteiger partial charge in [0.15, 0.2) is 5.69 Å². The van der Waals surface area contributed by atoms with Crippen LogP contribution in [0.5, 0.6) is 0 Å². The normalized spacial score (nSPS) is 18.4. The molecule has 2 atom stereocenters. The molecule has 1 aliphatic carbocycles. The quantitative estimate of drug-likeness (QED) is 0.616. The fraction of sp³-hybridized carbons (Fsp3) is 0.667. The van der Waals surface area contributed by atoms with Gasteiger partial charge in [0.25, 0.3) is 5.91 Å². The van der Waals surface area contributed by atoms with Gasteiger partial charge < -0.3 is 16.2 Å². The summed E-state index contributed by atoms with van der Waals surface area (Å²) in [6, 6.07) is -0.122. The average molecular weight is 252 g/mol. The maximum atomic E-state index is 12.0. The molecular weight excluding hydrogens is 232 g/mol. The lowest BCUT2D eigenvalue weighted by Crippen LogP contribution is -2.38. The number of carbonyl (C=O) groups is 1. The number of aromatic nitrogens is 2. The molecule has 100 valence electrons. The number of rotatable bonds is 5. The third kappa shape index (κ3) is 2.48. The van der Waals surface area contributed by atoms with Crippen molar-refractivity contribution < 1.29 is 9.90 Å². The first kappa shape index (κ1) is 12.9. The molecule has 18 heavy (non-hydrogen) atoms. The summed E-state index contributed by atoms with van der Waals surface area (Å²) < 4.78 is 0. The Bertz CT molecular complexity index is 439. The minimum atomic E-state index is -0.288. The molecule has 0 aliphatic heterocycles. The van der Waals surface area contributed by atoms with Crippen molar-refractivity contribution in [3.63, 3.8) is 0 Å². The third-order valence-corrected chi connectivity index (χ3v) is 3.53. The Hall–Kier alpha value is -1.56.